The summed E-state index contributed by atoms with van der Waals surface area (Å²) in [6.45, 7) is 6.41. The predicted molar refractivity (Wildman–Crippen MR) is 134 cm³/mol. The fourth-order valence-electron chi connectivity index (χ4n) is 3.88. The molecular weight excluding hydrogens is 453 g/mol. The van der Waals surface area contributed by atoms with Gasteiger partial charge in [-0.2, -0.15) is 5.26 Å². The Kier molecular flexibility index (Phi) is 6.56. The number of nitriles is 1. The summed E-state index contributed by atoms with van der Waals surface area (Å²) in [4.78, 5) is 8.78. The van der Waals surface area contributed by atoms with Crippen LogP contribution in [-0.4, -0.2) is 22.5 Å². The van der Waals surface area contributed by atoms with Crippen LogP contribution in [-0.2, 0) is 5.41 Å². The number of alkyl halides is 1. The number of hydrogen-bond donors (Lipinski definition) is 0. The third-order valence-electron chi connectivity index (χ3n) is 5.85. The van der Waals surface area contributed by atoms with E-state index in [1.165, 1.54) is 0 Å². The van der Waals surface area contributed by atoms with Gasteiger partial charge in [-0.15, -0.1) is 11.6 Å². The predicted octanol–water partition coefficient (Wildman–Crippen LogP) is 7.07. The van der Waals surface area contributed by atoms with Crippen LogP contribution in [0, 0.1) is 18.3 Å². The number of aryl methyl sites for hydroxylation is 1. The van der Waals surface area contributed by atoms with Crippen molar-refractivity contribution in [3.8, 4) is 22.9 Å². The van der Waals surface area contributed by atoms with Crippen molar-refractivity contribution in [1.82, 2.24) is 9.97 Å². The normalized spacial score (nSPS) is 11.4. The molecule has 4 rings (SSSR count). The van der Waals surface area contributed by atoms with Gasteiger partial charge in [-0.3, -0.25) is 0 Å². The number of aromatic nitrogens is 2. The number of hydrogen-bond acceptors (Lipinski definition) is 4. The van der Waals surface area contributed by atoms with Gasteiger partial charge < -0.3 is 4.74 Å². The van der Waals surface area contributed by atoms with Gasteiger partial charge in [0.1, 0.15) is 18.5 Å². The van der Waals surface area contributed by atoms with Crippen LogP contribution < -0.4 is 4.74 Å². The molecule has 0 spiro atoms. The van der Waals surface area contributed by atoms with E-state index in [0.717, 1.165) is 39.0 Å². The largest absolute Gasteiger partial charge is 0.489 e. The van der Waals surface area contributed by atoms with Gasteiger partial charge in [-0.25, -0.2) is 9.97 Å². The molecule has 4 aromatic rings. The summed E-state index contributed by atoms with van der Waals surface area (Å²) in [5, 5.41) is 11.0. The highest BCUT2D eigenvalue weighted by Crippen LogP contribution is 2.38. The van der Waals surface area contributed by atoms with Crippen molar-refractivity contribution in [1.29, 1.82) is 5.26 Å². The van der Waals surface area contributed by atoms with Gasteiger partial charge in [-0.05, 0) is 53.4 Å². The molecule has 0 N–H and O–H groups in total. The number of halogens is 2. The summed E-state index contributed by atoms with van der Waals surface area (Å²) in [5.41, 5.74) is 5.24. The second kappa shape index (κ2) is 9.39. The summed E-state index contributed by atoms with van der Waals surface area (Å²) in [6, 6.07) is 20.6. The van der Waals surface area contributed by atoms with Crippen LogP contribution in [0.1, 0.15) is 36.4 Å². The summed E-state index contributed by atoms with van der Waals surface area (Å²) >= 11 is 12.2. The summed E-state index contributed by atoms with van der Waals surface area (Å²) in [5.74, 6) is 1.47. The summed E-state index contributed by atoms with van der Waals surface area (Å²) in [7, 11) is 0. The fourth-order valence-corrected chi connectivity index (χ4v) is 4.23. The van der Waals surface area contributed by atoms with Gasteiger partial charge >= 0.3 is 0 Å². The number of benzene rings is 3. The lowest BCUT2D eigenvalue weighted by Gasteiger charge is -2.27. The quantitative estimate of drug-likeness (QED) is 0.279. The SMILES string of the molecule is Cc1ncc2cc(-c3ccc(C(C)(C)c4cc(Cl)c(OCCCl)c(C#N)c4)cc3)ccc2n1. The molecule has 0 atom stereocenters. The van der Waals surface area contributed by atoms with Crippen molar-refractivity contribution in [2.24, 2.45) is 0 Å². The second-order valence-corrected chi connectivity index (χ2v) is 9.16. The first-order chi connectivity index (χ1) is 15.8. The third-order valence-corrected chi connectivity index (χ3v) is 6.28. The Balaban J connectivity index is 1.66. The van der Waals surface area contributed by atoms with E-state index in [9.17, 15) is 5.26 Å². The average Bonchev–Trinajstić information content (AvgIpc) is 2.82. The van der Waals surface area contributed by atoms with Crippen LogP contribution >= 0.6 is 23.2 Å². The number of ether oxygens (including phenoxy) is 1. The molecule has 0 fully saturated rings. The monoisotopic (exact) mass is 475 g/mol. The van der Waals surface area contributed by atoms with Crippen LogP contribution in [0.3, 0.4) is 0 Å². The van der Waals surface area contributed by atoms with E-state index in [-0.39, 0.29) is 5.41 Å². The van der Waals surface area contributed by atoms with Gasteiger partial charge in [0.25, 0.3) is 0 Å². The molecule has 33 heavy (non-hydrogen) atoms. The van der Waals surface area contributed by atoms with E-state index in [2.05, 4.69) is 66.3 Å². The smallest absolute Gasteiger partial charge is 0.155 e. The molecule has 0 aliphatic rings. The highest BCUT2D eigenvalue weighted by Gasteiger charge is 2.26. The van der Waals surface area contributed by atoms with Gasteiger partial charge in [0, 0.05) is 17.0 Å². The Bertz CT molecular complexity index is 1360. The Labute approximate surface area is 203 Å². The average molecular weight is 476 g/mol. The maximum absolute atomic E-state index is 9.63. The topological polar surface area (TPSA) is 58.8 Å². The van der Waals surface area contributed by atoms with Gasteiger partial charge in [-0.1, -0.05) is 55.8 Å². The first kappa shape index (κ1) is 23.0. The minimum Gasteiger partial charge on any atom is -0.489 e. The third kappa shape index (κ3) is 4.66. The zero-order valence-corrected chi connectivity index (χ0v) is 20.2. The summed E-state index contributed by atoms with van der Waals surface area (Å²) in [6.07, 6.45) is 1.86. The van der Waals surface area contributed by atoms with E-state index >= 15 is 0 Å². The Morgan fingerprint density at radius 2 is 1.73 bits per heavy atom. The van der Waals surface area contributed by atoms with Crippen LogP contribution in [0.2, 0.25) is 5.02 Å². The zero-order chi connectivity index (χ0) is 23.6. The second-order valence-electron chi connectivity index (χ2n) is 8.38. The van der Waals surface area contributed by atoms with Crippen LogP contribution in [0.4, 0.5) is 0 Å². The van der Waals surface area contributed by atoms with E-state index in [1.54, 1.807) is 0 Å². The molecule has 6 heteroatoms. The molecule has 4 nitrogen and oxygen atoms in total. The standard InChI is InChI=1S/C27H23Cl2N3O/c1-17-31-16-21-12-19(6-9-25(21)32-17)18-4-7-22(8-5-18)27(2,3)23-13-20(15-30)26(24(29)14-23)33-11-10-28/h4-9,12-14,16H,10-11H2,1-3H3. The van der Waals surface area contributed by atoms with E-state index < -0.39 is 0 Å². The highest BCUT2D eigenvalue weighted by atomic mass is 35.5. The van der Waals surface area contributed by atoms with Crippen molar-refractivity contribution in [2.45, 2.75) is 26.2 Å². The Morgan fingerprint density at radius 3 is 2.42 bits per heavy atom. The minimum absolute atomic E-state index is 0.292. The molecule has 0 aliphatic carbocycles. The molecule has 166 valence electrons. The molecule has 0 saturated carbocycles. The Hall–Kier alpha value is -3.13. The highest BCUT2D eigenvalue weighted by molar-refractivity contribution is 6.32. The molecular formula is C27H23Cl2N3O. The van der Waals surface area contributed by atoms with Gasteiger partial charge in [0.05, 0.1) is 22.0 Å². The maximum Gasteiger partial charge on any atom is 0.155 e. The molecule has 0 radical (unpaired) electrons. The fraction of sp³-hybridized carbons (Fsp3) is 0.222. The van der Waals surface area contributed by atoms with E-state index in [0.29, 0.717) is 28.8 Å². The first-order valence-electron chi connectivity index (χ1n) is 10.6. The molecule has 0 aliphatic heterocycles. The minimum atomic E-state index is -0.368. The lowest BCUT2D eigenvalue weighted by molar-refractivity contribution is 0.341. The number of rotatable bonds is 6. The van der Waals surface area contributed by atoms with E-state index in [1.807, 2.05) is 31.3 Å². The van der Waals surface area contributed by atoms with Crippen LogP contribution in [0.5, 0.6) is 5.75 Å². The number of nitrogens with zero attached hydrogens (tertiary/aromatic N) is 3. The van der Waals surface area contributed by atoms with Crippen molar-refractivity contribution in [2.75, 3.05) is 12.5 Å². The van der Waals surface area contributed by atoms with Gasteiger partial charge in [0.2, 0.25) is 0 Å². The van der Waals surface area contributed by atoms with Crippen molar-refractivity contribution in [3.63, 3.8) is 0 Å². The summed E-state index contributed by atoms with van der Waals surface area (Å²) < 4.78 is 5.59. The van der Waals surface area contributed by atoms with Crippen molar-refractivity contribution in [3.05, 3.63) is 88.3 Å². The number of fused-ring (bicyclic) bond motifs is 1. The van der Waals surface area contributed by atoms with Crippen molar-refractivity contribution < 1.29 is 4.74 Å². The molecule has 0 unspecified atom stereocenters. The molecule has 0 saturated heterocycles. The van der Waals surface area contributed by atoms with E-state index in [4.69, 9.17) is 27.9 Å². The van der Waals surface area contributed by atoms with Crippen molar-refractivity contribution >= 4 is 34.1 Å². The molecule has 3 aromatic carbocycles. The lowest BCUT2D eigenvalue weighted by Crippen LogP contribution is -2.19. The molecule has 1 aromatic heterocycles. The maximum atomic E-state index is 9.63. The zero-order valence-electron chi connectivity index (χ0n) is 18.7. The first-order valence-corrected chi connectivity index (χ1v) is 11.5. The molecule has 0 amide bonds. The Morgan fingerprint density at radius 1 is 1.00 bits per heavy atom. The van der Waals surface area contributed by atoms with Gasteiger partial charge in [0.15, 0.2) is 5.75 Å². The molecule has 0 bridgehead atoms. The van der Waals surface area contributed by atoms with Crippen LogP contribution in [0.25, 0.3) is 22.0 Å². The van der Waals surface area contributed by atoms with Crippen LogP contribution in [0.15, 0.2) is 60.8 Å². The lowest BCUT2D eigenvalue weighted by atomic mass is 9.77. The molecule has 1 heterocycles.